The minimum absolute atomic E-state index is 0.0249. The predicted molar refractivity (Wildman–Crippen MR) is 84.8 cm³/mol. The second-order valence-electron chi connectivity index (χ2n) is 5.89. The number of hydrogen-bond donors (Lipinski definition) is 2. The molecular weight excluding hydrogens is 323 g/mol. The highest BCUT2D eigenvalue weighted by Crippen LogP contribution is 2.37. The summed E-state index contributed by atoms with van der Waals surface area (Å²) >= 11 is 0. The Morgan fingerprint density at radius 2 is 1.92 bits per heavy atom. The summed E-state index contributed by atoms with van der Waals surface area (Å²) in [6.07, 6.45) is -3.30. The first-order chi connectivity index (χ1) is 11.2. The average molecular weight is 345 g/mol. The van der Waals surface area contributed by atoms with Gasteiger partial charge in [0.25, 0.3) is 0 Å². The van der Waals surface area contributed by atoms with Crippen LogP contribution in [0.5, 0.6) is 5.75 Å². The van der Waals surface area contributed by atoms with Crippen molar-refractivity contribution in [1.82, 2.24) is 10.3 Å². The first-order valence-corrected chi connectivity index (χ1v) is 7.80. The summed E-state index contributed by atoms with van der Waals surface area (Å²) in [5.74, 6) is -0.124. The molecule has 1 aromatic carbocycles. The van der Waals surface area contributed by atoms with Crippen molar-refractivity contribution in [3.8, 4) is 5.75 Å². The molecule has 0 atom stereocenters. The summed E-state index contributed by atoms with van der Waals surface area (Å²) in [6, 6.07) is 2.78. The van der Waals surface area contributed by atoms with E-state index < -0.39 is 6.36 Å². The average Bonchev–Trinajstić information content (AvgIpc) is 2.49. The molecule has 0 aromatic heterocycles. The summed E-state index contributed by atoms with van der Waals surface area (Å²) in [7, 11) is 1.64. The molecule has 0 bridgehead atoms. The minimum atomic E-state index is -4.73. The monoisotopic (exact) mass is 345 g/mol. The molecule has 1 aromatic rings. The van der Waals surface area contributed by atoms with Crippen molar-refractivity contribution in [2.75, 3.05) is 25.6 Å². The topological polar surface area (TPSA) is 53.6 Å². The van der Waals surface area contributed by atoms with E-state index in [1.807, 2.05) is 6.92 Å². The molecule has 1 aliphatic rings. The van der Waals surface area contributed by atoms with E-state index >= 15 is 0 Å². The van der Waals surface area contributed by atoms with Crippen LogP contribution in [0.2, 0.25) is 0 Å². The summed E-state index contributed by atoms with van der Waals surface area (Å²) in [5.41, 5.74) is 7.81. The van der Waals surface area contributed by atoms with E-state index in [9.17, 15) is 18.0 Å². The van der Waals surface area contributed by atoms with Crippen molar-refractivity contribution in [1.29, 1.82) is 0 Å². The highest BCUT2D eigenvalue weighted by molar-refractivity contribution is 5.73. The Hall–Kier alpha value is -1.96. The molecule has 1 amide bonds. The second-order valence-corrected chi connectivity index (χ2v) is 5.89. The molecule has 0 saturated carbocycles. The molecule has 1 fully saturated rings. The van der Waals surface area contributed by atoms with Crippen LogP contribution >= 0.6 is 0 Å². The van der Waals surface area contributed by atoms with Gasteiger partial charge in [-0.25, -0.2) is 5.43 Å². The minimum Gasteiger partial charge on any atom is -0.406 e. The molecule has 1 heterocycles. The van der Waals surface area contributed by atoms with Gasteiger partial charge < -0.3 is 15.1 Å². The van der Waals surface area contributed by atoms with Gasteiger partial charge in [-0.05, 0) is 42.9 Å². The molecular formula is C16H22F3N3O2. The third-order valence-electron chi connectivity index (χ3n) is 4.29. The second kappa shape index (κ2) is 7.29. The third-order valence-corrected chi connectivity index (χ3v) is 4.29. The highest BCUT2D eigenvalue weighted by atomic mass is 19.4. The highest BCUT2D eigenvalue weighted by Gasteiger charge is 2.32. The number of rotatable bonds is 4. The SMILES string of the molecule is CNNc1cc(OC(F)(F)F)cc(C2CCN(C(C)=O)CC2)c1C. The Balaban J connectivity index is 2.29. The number of hydrogen-bond acceptors (Lipinski definition) is 4. The van der Waals surface area contributed by atoms with Crippen molar-refractivity contribution >= 4 is 11.6 Å². The van der Waals surface area contributed by atoms with Crippen LogP contribution in [0, 0.1) is 6.92 Å². The van der Waals surface area contributed by atoms with Crippen LogP contribution in [0.1, 0.15) is 36.8 Å². The molecule has 5 nitrogen and oxygen atoms in total. The number of piperidine rings is 1. The van der Waals surface area contributed by atoms with Crippen LogP contribution in [0.3, 0.4) is 0 Å². The zero-order chi connectivity index (χ0) is 17.9. The summed E-state index contributed by atoms with van der Waals surface area (Å²) in [6.45, 7) is 4.61. The van der Waals surface area contributed by atoms with Gasteiger partial charge in [0, 0.05) is 33.1 Å². The van der Waals surface area contributed by atoms with Gasteiger partial charge in [0.1, 0.15) is 5.75 Å². The number of carbonyl (C=O) groups is 1. The number of likely N-dealkylation sites (tertiary alicyclic amines) is 1. The molecule has 2 rings (SSSR count). The molecule has 0 unspecified atom stereocenters. The summed E-state index contributed by atoms with van der Waals surface area (Å²) in [4.78, 5) is 13.2. The molecule has 2 N–H and O–H groups in total. The van der Waals surface area contributed by atoms with Crippen LogP contribution in [0.15, 0.2) is 12.1 Å². The normalized spacial score (nSPS) is 16.2. The molecule has 0 aliphatic carbocycles. The molecule has 134 valence electrons. The Morgan fingerprint density at radius 3 is 2.42 bits per heavy atom. The van der Waals surface area contributed by atoms with Crippen LogP contribution < -0.4 is 15.6 Å². The third kappa shape index (κ3) is 4.53. The number of hydrazine groups is 1. The fraction of sp³-hybridized carbons (Fsp3) is 0.562. The lowest BCUT2D eigenvalue weighted by atomic mass is 9.86. The summed E-state index contributed by atoms with van der Waals surface area (Å²) in [5, 5.41) is 0. The van der Waals surface area contributed by atoms with Gasteiger partial charge in [-0.15, -0.1) is 13.2 Å². The van der Waals surface area contributed by atoms with Crippen molar-refractivity contribution in [2.45, 2.75) is 39.0 Å². The van der Waals surface area contributed by atoms with Crippen molar-refractivity contribution in [2.24, 2.45) is 0 Å². The maximum absolute atomic E-state index is 12.6. The number of carbonyl (C=O) groups excluding carboxylic acids is 1. The number of nitrogens with one attached hydrogen (secondary N) is 2. The number of ether oxygens (including phenoxy) is 1. The Kier molecular flexibility index (Phi) is 5.58. The number of benzene rings is 1. The van der Waals surface area contributed by atoms with E-state index in [1.54, 1.807) is 11.9 Å². The standard InChI is InChI=1S/C16H22F3N3O2/c1-10-14(12-4-6-22(7-5-12)11(2)23)8-13(24-16(17,18)19)9-15(10)21-20-3/h8-9,12,20-21H,4-7H2,1-3H3. The number of alkyl halides is 3. The zero-order valence-corrected chi connectivity index (χ0v) is 14.0. The van der Waals surface area contributed by atoms with Crippen molar-refractivity contribution in [3.05, 3.63) is 23.3 Å². The maximum Gasteiger partial charge on any atom is 0.573 e. The molecule has 24 heavy (non-hydrogen) atoms. The lowest BCUT2D eigenvalue weighted by molar-refractivity contribution is -0.274. The van der Waals surface area contributed by atoms with E-state index in [0.717, 1.165) is 24.0 Å². The lowest BCUT2D eigenvalue weighted by Crippen LogP contribution is -2.36. The Bertz CT molecular complexity index is 597. The maximum atomic E-state index is 12.6. The first kappa shape index (κ1) is 18.4. The van der Waals surface area contributed by atoms with E-state index in [1.165, 1.54) is 19.1 Å². The summed E-state index contributed by atoms with van der Waals surface area (Å²) < 4.78 is 41.8. The van der Waals surface area contributed by atoms with E-state index in [0.29, 0.717) is 18.8 Å². The number of halogens is 3. The smallest absolute Gasteiger partial charge is 0.406 e. The zero-order valence-electron chi connectivity index (χ0n) is 14.0. The van der Waals surface area contributed by atoms with Gasteiger partial charge in [0.15, 0.2) is 0 Å². The van der Waals surface area contributed by atoms with Gasteiger partial charge in [0.05, 0.1) is 5.69 Å². The van der Waals surface area contributed by atoms with Crippen LogP contribution in [-0.2, 0) is 4.79 Å². The number of anilines is 1. The van der Waals surface area contributed by atoms with E-state index in [-0.39, 0.29) is 17.6 Å². The van der Waals surface area contributed by atoms with Crippen LogP contribution in [-0.4, -0.2) is 37.3 Å². The van der Waals surface area contributed by atoms with E-state index in [2.05, 4.69) is 15.6 Å². The molecule has 8 heteroatoms. The van der Waals surface area contributed by atoms with Gasteiger partial charge in [0.2, 0.25) is 5.91 Å². The molecule has 1 aliphatic heterocycles. The van der Waals surface area contributed by atoms with Crippen molar-refractivity contribution < 1.29 is 22.7 Å². The Morgan fingerprint density at radius 1 is 1.29 bits per heavy atom. The number of nitrogens with zero attached hydrogens (tertiary/aromatic N) is 1. The lowest BCUT2D eigenvalue weighted by Gasteiger charge is -2.32. The first-order valence-electron chi connectivity index (χ1n) is 7.80. The van der Waals surface area contributed by atoms with E-state index in [4.69, 9.17) is 0 Å². The molecule has 0 radical (unpaired) electrons. The largest absolute Gasteiger partial charge is 0.573 e. The van der Waals surface area contributed by atoms with Gasteiger partial charge >= 0.3 is 6.36 Å². The van der Waals surface area contributed by atoms with Crippen molar-refractivity contribution in [3.63, 3.8) is 0 Å². The molecule has 1 saturated heterocycles. The quantitative estimate of drug-likeness (QED) is 0.823. The molecule has 0 spiro atoms. The fourth-order valence-corrected chi connectivity index (χ4v) is 3.10. The van der Waals surface area contributed by atoms with Gasteiger partial charge in [-0.3, -0.25) is 4.79 Å². The van der Waals surface area contributed by atoms with Gasteiger partial charge in [-0.2, -0.15) is 0 Å². The van der Waals surface area contributed by atoms with Crippen LogP contribution in [0.25, 0.3) is 0 Å². The van der Waals surface area contributed by atoms with Crippen LogP contribution in [0.4, 0.5) is 18.9 Å². The predicted octanol–water partition coefficient (Wildman–Crippen LogP) is 3.17. The Labute approximate surface area is 139 Å². The fourth-order valence-electron chi connectivity index (χ4n) is 3.10. The number of amides is 1. The van der Waals surface area contributed by atoms with Gasteiger partial charge in [-0.1, -0.05) is 0 Å².